The molecule has 0 N–H and O–H groups in total. The van der Waals surface area contributed by atoms with Crippen molar-refractivity contribution in [3.63, 3.8) is 0 Å². The van der Waals surface area contributed by atoms with Crippen molar-refractivity contribution in [2.24, 2.45) is 0 Å². The van der Waals surface area contributed by atoms with Crippen molar-refractivity contribution in [3.05, 3.63) is 53.6 Å². The Hall–Kier alpha value is -0.814. The zero-order valence-corrected chi connectivity index (χ0v) is 46.4. The van der Waals surface area contributed by atoms with Crippen LogP contribution in [0, 0.1) is 0 Å². The quantitative estimate of drug-likeness (QED) is 0.0210. The van der Waals surface area contributed by atoms with E-state index < -0.39 is 27.0 Å². The fraction of sp³-hybridized carbons (Fsp3) is 0.786. The van der Waals surface area contributed by atoms with Crippen molar-refractivity contribution in [3.8, 4) is 0 Å². The monoisotopic (exact) mass is 953 g/mol. The van der Waals surface area contributed by atoms with Crippen LogP contribution in [0.2, 0.25) is 0 Å². The summed E-state index contributed by atoms with van der Waals surface area (Å²) in [4.78, 5) is 25.4. The van der Waals surface area contributed by atoms with Crippen LogP contribution in [-0.4, -0.2) is 38.1 Å². The van der Waals surface area contributed by atoms with Gasteiger partial charge in [-0.25, -0.2) is 18.0 Å². The van der Waals surface area contributed by atoms with Gasteiger partial charge in [-0.3, -0.25) is 0 Å². The van der Waals surface area contributed by atoms with E-state index >= 15 is 0 Å². The molecule has 1 rings (SSSR count). The van der Waals surface area contributed by atoms with Crippen LogP contribution in [0.5, 0.6) is 0 Å². The molecule has 0 saturated heterocycles. The Labute approximate surface area is 443 Å². The second-order valence-corrected chi connectivity index (χ2v) is 19.9. The number of rotatable bonds is 47. The van der Waals surface area contributed by atoms with E-state index in [0.29, 0.717) is 12.8 Å². The van der Waals surface area contributed by atoms with Gasteiger partial charge in [0.25, 0.3) is 0 Å². The van der Waals surface area contributed by atoms with Gasteiger partial charge >= 0.3 is 63.3 Å². The maximum Gasteiger partial charge on any atom is 1.00 e. The van der Waals surface area contributed by atoms with Gasteiger partial charge in [-0.2, -0.15) is 0 Å². The van der Waals surface area contributed by atoms with Gasteiger partial charge in [0, 0.05) is 0 Å². The van der Waals surface area contributed by atoms with Gasteiger partial charge in [-0.05, 0) is 69.6 Å². The van der Waals surface area contributed by atoms with Gasteiger partial charge in [-0.15, -0.1) is 0 Å². The average Bonchev–Trinajstić information content (AvgIpc) is 3.28. The Kier molecular flexibility index (Phi) is 47.6. The average molecular weight is 954 g/mol. The summed E-state index contributed by atoms with van der Waals surface area (Å²) in [5.74, 6) is -1.54. The molecule has 0 atom stereocenters. The predicted octanol–water partition coefficient (Wildman–Crippen LogP) is 14.7. The molecule has 0 saturated carbocycles. The maximum atomic E-state index is 13.0. The normalized spacial score (nSPS) is 11.7. The molecule has 0 amide bonds. The third-order valence-electron chi connectivity index (χ3n) is 12.5. The molecule has 0 bridgehead atoms. The first-order chi connectivity index (χ1) is 31.3. The molecule has 0 radical (unpaired) electrons. The zero-order valence-electron chi connectivity index (χ0n) is 42.5. The third-order valence-corrected chi connectivity index (χ3v) is 13.3. The molecule has 65 heavy (non-hydrogen) atoms. The van der Waals surface area contributed by atoms with E-state index in [1.54, 1.807) is 0 Å². The molecular weight excluding hydrogens is 856 g/mol. The first kappa shape index (κ1) is 64.2. The SMILES string of the molecule is CCCC/C=C/CCCCCCCCCCCCCCCCCCOC(=O)c1ccc(S(=O)(=O)[O-])cc1C(=O)OCCCCCCCCCCCCCCCCCC/C=C/CCCC.[K+]. The largest absolute Gasteiger partial charge is 1.00 e. The molecule has 0 aliphatic rings. The number of allylic oxidation sites excluding steroid dienone is 4. The number of esters is 2. The van der Waals surface area contributed by atoms with Gasteiger partial charge in [0.2, 0.25) is 0 Å². The second kappa shape index (κ2) is 48.2. The van der Waals surface area contributed by atoms with E-state index in [-0.39, 0.29) is 75.7 Å². The van der Waals surface area contributed by atoms with Crippen LogP contribution in [0.15, 0.2) is 47.4 Å². The van der Waals surface area contributed by atoms with Crippen LogP contribution in [0.1, 0.15) is 291 Å². The Balaban J connectivity index is 0.0000410. The summed E-state index contributed by atoms with van der Waals surface area (Å²) in [5.41, 5.74) is -0.327. The van der Waals surface area contributed by atoms with Crippen LogP contribution in [0.25, 0.3) is 0 Å². The Morgan fingerprint density at radius 2 is 0.677 bits per heavy atom. The summed E-state index contributed by atoms with van der Waals surface area (Å²) in [5, 5.41) is 0. The van der Waals surface area contributed by atoms with Crippen LogP contribution < -0.4 is 51.4 Å². The Morgan fingerprint density at radius 3 is 0.969 bits per heavy atom. The van der Waals surface area contributed by atoms with Gasteiger partial charge in [0.1, 0.15) is 10.1 Å². The molecule has 0 heterocycles. The predicted molar refractivity (Wildman–Crippen MR) is 269 cm³/mol. The van der Waals surface area contributed by atoms with E-state index in [1.807, 2.05) is 0 Å². The first-order valence-corrected chi connectivity index (χ1v) is 28.5. The van der Waals surface area contributed by atoms with Crippen molar-refractivity contribution in [1.29, 1.82) is 0 Å². The van der Waals surface area contributed by atoms with Gasteiger partial charge in [0.05, 0.1) is 29.2 Å². The number of carbonyl (C=O) groups excluding carboxylic acids is 2. The fourth-order valence-corrected chi connectivity index (χ4v) is 8.80. The van der Waals surface area contributed by atoms with Crippen LogP contribution in [0.3, 0.4) is 0 Å². The number of hydrogen-bond acceptors (Lipinski definition) is 7. The molecular formula is C56H97KO7S. The van der Waals surface area contributed by atoms with Gasteiger partial charge < -0.3 is 14.0 Å². The van der Waals surface area contributed by atoms with Crippen LogP contribution in [-0.2, 0) is 19.6 Å². The summed E-state index contributed by atoms with van der Waals surface area (Å²) in [6.45, 7) is 4.87. The summed E-state index contributed by atoms with van der Waals surface area (Å²) in [6.07, 6.45) is 59.5. The standard InChI is InChI=1S/C56H98O7S.K/c1-3-5-7-9-11-13-15-17-19-21-23-25-27-29-31-33-35-37-39-41-43-45-49-62-55(57)53-48-47-52(64(59,60)61)51-54(53)56(58)63-50-46-44-42-40-38-36-34-32-30-28-26-24-22-20-18-16-14-12-10-8-6-4-2;/h9-12,47-48,51H,3-8,13-46,49-50H2,1-2H3,(H,59,60,61);/q;+1/p-1/b11-9+,12-10+;. The first-order valence-electron chi connectivity index (χ1n) is 27.0. The topological polar surface area (TPSA) is 110 Å². The number of ether oxygens (including phenoxy) is 2. The summed E-state index contributed by atoms with van der Waals surface area (Å²) in [6, 6.07) is 3.17. The molecule has 0 aliphatic heterocycles. The Bertz CT molecular complexity index is 1410. The summed E-state index contributed by atoms with van der Waals surface area (Å²) < 4.78 is 46.0. The molecule has 1 aromatic carbocycles. The van der Waals surface area contributed by atoms with E-state index in [0.717, 1.165) is 44.2 Å². The van der Waals surface area contributed by atoms with E-state index in [1.165, 1.54) is 218 Å². The minimum Gasteiger partial charge on any atom is -0.744 e. The Morgan fingerprint density at radius 1 is 0.415 bits per heavy atom. The number of hydrogen-bond donors (Lipinski definition) is 0. The molecule has 370 valence electrons. The van der Waals surface area contributed by atoms with Crippen molar-refractivity contribution in [1.82, 2.24) is 0 Å². The number of benzene rings is 1. The number of unbranched alkanes of at least 4 members (excludes halogenated alkanes) is 36. The van der Waals surface area contributed by atoms with E-state index in [9.17, 15) is 22.6 Å². The van der Waals surface area contributed by atoms with Crippen molar-refractivity contribution in [2.45, 2.75) is 276 Å². The summed E-state index contributed by atoms with van der Waals surface area (Å²) in [7, 11) is -4.82. The van der Waals surface area contributed by atoms with Crippen LogP contribution >= 0.6 is 0 Å². The fourth-order valence-electron chi connectivity index (χ4n) is 8.30. The zero-order chi connectivity index (χ0) is 46.4. The van der Waals surface area contributed by atoms with Crippen molar-refractivity contribution >= 4 is 22.1 Å². The molecule has 0 aliphatic carbocycles. The molecule has 0 spiro atoms. The minimum absolute atomic E-state index is 0. The van der Waals surface area contributed by atoms with Gasteiger partial charge in [0.15, 0.2) is 0 Å². The van der Waals surface area contributed by atoms with Crippen molar-refractivity contribution in [2.75, 3.05) is 13.2 Å². The molecule has 0 unspecified atom stereocenters. The van der Waals surface area contributed by atoms with Crippen molar-refractivity contribution < 1.29 is 83.4 Å². The second-order valence-electron chi connectivity index (χ2n) is 18.6. The van der Waals surface area contributed by atoms with E-state index in [4.69, 9.17) is 9.47 Å². The number of carbonyl (C=O) groups is 2. The molecule has 0 aromatic heterocycles. The smallest absolute Gasteiger partial charge is 0.744 e. The molecule has 0 fully saturated rings. The maximum absolute atomic E-state index is 13.0. The van der Waals surface area contributed by atoms with Gasteiger partial charge in [-0.1, -0.05) is 244 Å². The third kappa shape index (κ3) is 40.8. The molecule has 1 aromatic rings. The summed E-state index contributed by atoms with van der Waals surface area (Å²) >= 11 is 0. The van der Waals surface area contributed by atoms with Crippen LogP contribution in [0.4, 0.5) is 0 Å². The minimum atomic E-state index is -4.82. The molecule has 7 nitrogen and oxygen atoms in total. The molecule has 9 heteroatoms. The van der Waals surface area contributed by atoms with E-state index in [2.05, 4.69) is 38.2 Å².